The number of nitrogens with zero attached hydrogens (tertiary/aromatic N) is 2. The van der Waals surface area contributed by atoms with Gasteiger partial charge in [-0.05, 0) is 13.5 Å². The van der Waals surface area contributed by atoms with Crippen LogP contribution in [0.5, 0.6) is 0 Å². The Labute approximate surface area is 66.4 Å². The molecule has 0 aliphatic rings. The van der Waals surface area contributed by atoms with E-state index < -0.39 is 0 Å². The topological polar surface area (TPSA) is 53.6 Å². The summed E-state index contributed by atoms with van der Waals surface area (Å²) < 4.78 is 0. The van der Waals surface area contributed by atoms with Crippen LogP contribution in [0, 0.1) is 0 Å². The van der Waals surface area contributed by atoms with Crippen molar-refractivity contribution in [3.8, 4) is 0 Å². The molecule has 0 bridgehead atoms. The highest BCUT2D eigenvalue weighted by Crippen LogP contribution is 1.95. The van der Waals surface area contributed by atoms with Crippen molar-refractivity contribution < 1.29 is 0 Å². The highest BCUT2D eigenvalue weighted by molar-refractivity contribution is 4.89. The third kappa shape index (κ3) is 2.31. The van der Waals surface area contributed by atoms with Crippen molar-refractivity contribution >= 4 is 0 Å². The summed E-state index contributed by atoms with van der Waals surface area (Å²) in [7, 11) is 1.89. The second kappa shape index (κ2) is 4.08. The molecule has 0 aliphatic carbocycles. The summed E-state index contributed by atoms with van der Waals surface area (Å²) in [6.07, 6.45) is 2.05. The van der Waals surface area contributed by atoms with Gasteiger partial charge in [0.05, 0.1) is 6.54 Å². The van der Waals surface area contributed by atoms with Gasteiger partial charge in [-0.25, -0.2) is 4.98 Å². The van der Waals surface area contributed by atoms with Crippen molar-refractivity contribution in [2.45, 2.75) is 26.3 Å². The van der Waals surface area contributed by atoms with Gasteiger partial charge < -0.3 is 5.32 Å². The Bertz CT molecular complexity index is 185. The first-order valence-corrected chi connectivity index (χ1v) is 3.91. The Morgan fingerprint density at radius 1 is 1.55 bits per heavy atom. The number of aryl methyl sites for hydroxylation is 1. The summed E-state index contributed by atoms with van der Waals surface area (Å²) in [4.78, 5) is 4.26. The van der Waals surface area contributed by atoms with E-state index in [9.17, 15) is 0 Å². The minimum Gasteiger partial charge on any atom is -0.313 e. The van der Waals surface area contributed by atoms with E-state index in [4.69, 9.17) is 0 Å². The number of rotatable bonds is 4. The monoisotopic (exact) mass is 154 g/mol. The van der Waals surface area contributed by atoms with Gasteiger partial charge >= 0.3 is 0 Å². The van der Waals surface area contributed by atoms with Crippen molar-refractivity contribution in [2.24, 2.45) is 0 Å². The minimum atomic E-state index is 0.761. The highest BCUT2D eigenvalue weighted by Gasteiger charge is 1.99. The summed E-state index contributed by atoms with van der Waals surface area (Å²) in [6.45, 7) is 2.88. The normalized spacial score (nSPS) is 10.4. The molecule has 0 atom stereocenters. The molecule has 11 heavy (non-hydrogen) atoms. The largest absolute Gasteiger partial charge is 0.313 e. The molecule has 4 heteroatoms. The molecule has 0 saturated heterocycles. The number of aromatic amines is 1. The second-order valence-corrected chi connectivity index (χ2v) is 2.48. The molecule has 0 spiro atoms. The third-order valence-corrected chi connectivity index (χ3v) is 1.40. The van der Waals surface area contributed by atoms with E-state index in [-0.39, 0.29) is 0 Å². The predicted octanol–water partition coefficient (Wildman–Crippen LogP) is 0.477. The predicted molar refractivity (Wildman–Crippen MR) is 43.1 cm³/mol. The Balaban J connectivity index is 2.51. The van der Waals surface area contributed by atoms with Gasteiger partial charge in [0, 0.05) is 6.42 Å². The fourth-order valence-electron chi connectivity index (χ4n) is 0.917. The fourth-order valence-corrected chi connectivity index (χ4v) is 0.917. The summed E-state index contributed by atoms with van der Waals surface area (Å²) in [5.74, 6) is 1.83. The zero-order valence-electron chi connectivity index (χ0n) is 7.02. The molecule has 0 aliphatic heterocycles. The maximum absolute atomic E-state index is 4.26. The molecule has 0 fully saturated rings. The van der Waals surface area contributed by atoms with E-state index in [0.29, 0.717) is 0 Å². The minimum absolute atomic E-state index is 0.761. The zero-order valence-corrected chi connectivity index (χ0v) is 7.02. The highest BCUT2D eigenvalue weighted by atomic mass is 15.2. The number of H-pyrrole nitrogens is 1. The first-order chi connectivity index (χ1) is 5.36. The van der Waals surface area contributed by atoms with Crippen LogP contribution < -0.4 is 5.32 Å². The molecule has 1 heterocycles. The maximum Gasteiger partial charge on any atom is 0.150 e. The molecule has 0 amide bonds. The lowest BCUT2D eigenvalue weighted by molar-refractivity contribution is 0.762. The van der Waals surface area contributed by atoms with Crippen LogP contribution >= 0.6 is 0 Å². The molecule has 4 nitrogen and oxygen atoms in total. The summed E-state index contributed by atoms with van der Waals surface area (Å²) >= 11 is 0. The molecular formula is C7H14N4. The zero-order chi connectivity index (χ0) is 8.10. The Hall–Kier alpha value is -0.900. The van der Waals surface area contributed by atoms with Crippen LogP contribution in [0.4, 0.5) is 0 Å². The smallest absolute Gasteiger partial charge is 0.150 e. The molecule has 62 valence electrons. The molecule has 0 unspecified atom stereocenters. The van der Waals surface area contributed by atoms with E-state index in [0.717, 1.165) is 31.0 Å². The van der Waals surface area contributed by atoms with Crippen molar-refractivity contribution in [1.82, 2.24) is 20.5 Å². The van der Waals surface area contributed by atoms with E-state index in [1.807, 2.05) is 7.05 Å². The Morgan fingerprint density at radius 2 is 2.36 bits per heavy atom. The molecular weight excluding hydrogens is 140 g/mol. The molecule has 1 rings (SSSR count). The fraction of sp³-hybridized carbons (Fsp3) is 0.714. The Kier molecular flexibility index (Phi) is 3.04. The lowest BCUT2D eigenvalue weighted by Gasteiger charge is -1.89. The van der Waals surface area contributed by atoms with Gasteiger partial charge in [0.15, 0.2) is 5.82 Å². The number of hydrogen-bond donors (Lipinski definition) is 2. The molecule has 0 aromatic carbocycles. The molecule has 2 N–H and O–H groups in total. The van der Waals surface area contributed by atoms with Crippen molar-refractivity contribution in [3.05, 3.63) is 11.6 Å². The summed E-state index contributed by atoms with van der Waals surface area (Å²) in [6, 6.07) is 0. The van der Waals surface area contributed by atoms with Gasteiger partial charge in [-0.1, -0.05) is 6.92 Å². The van der Waals surface area contributed by atoms with Crippen LogP contribution in [0.3, 0.4) is 0 Å². The molecule has 1 aromatic heterocycles. The average Bonchev–Trinajstić information content (AvgIpc) is 2.38. The van der Waals surface area contributed by atoms with Crippen LogP contribution in [0.2, 0.25) is 0 Å². The first kappa shape index (κ1) is 8.20. The van der Waals surface area contributed by atoms with Gasteiger partial charge in [-0.3, -0.25) is 5.10 Å². The van der Waals surface area contributed by atoms with E-state index >= 15 is 0 Å². The van der Waals surface area contributed by atoms with Crippen LogP contribution in [0.15, 0.2) is 0 Å². The quantitative estimate of drug-likeness (QED) is 0.663. The maximum atomic E-state index is 4.26. The second-order valence-electron chi connectivity index (χ2n) is 2.48. The van der Waals surface area contributed by atoms with Gasteiger partial charge in [0.25, 0.3) is 0 Å². The molecule has 0 radical (unpaired) electrons. The lowest BCUT2D eigenvalue weighted by atomic mass is 10.3. The lowest BCUT2D eigenvalue weighted by Crippen LogP contribution is -2.06. The summed E-state index contributed by atoms with van der Waals surface area (Å²) in [5, 5.41) is 9.92. The van der Waals surface area contributed by atoms with Crippen LogP contribution in [0.25, 0.3) is 0 Å². The number of nitrogens with one attached hydrogen (secondary N) is 2. The van der Waals surface area contributed by atoms with Crippen molar-refractivity contribution in [3.63, 3.8) is 0 Å². The third-order valence-electron chi connectivity index (χ3n) is 1.40. The van der Waals surface area contributed by atoms with Crippen molar-refractivity contribution in [1.29, 1.82) is 0 Å². The van der Waals surface area contributed by atoms with Crippen LogP contribution in [-0.4, -0.2) is 22.2 Å². The van der Waals surface area contributed by atoms with Crippen LogP contribution in [-0.2, 0) is 13.0 Å². The van der Waals surface area contributed by atoms with Gasteiger partial charge in [0.2, 0.25) is 0 Å². The van der Waals surface area contributed by atoms with Crippen molar-refractivity contribution in [2.75, 3.05) is 7.05 Å². The van der Waals surface area contributed by atoms with Gasteiger partial charge in [-0.2, -0.15) is 5.10 Å². The standard InChI is InChI=1S/C7H14N4/c1-3-4-6-9-7(5-8-2)11-10-6/h8H,3-5H2,1-2H3,(H,9,10,11). The van der Waals surface area contributed by atoms with E-state index in [1.165, 1.54) is 0 Å². The van der Waals surface area contributed by atoms with Crippen LogP contribution in [0.1, 0.15) is 25.0 Å². The van der Waals surface area contributed by atoms with Gasteiger partial charge in [-0.15, -0.1) is 0 Å². The van der Waals surface area contributed by atoms with Gasteiger partial charge in [0.1, 0.15) is 5.82 Å². The number of hydrogen-bond acceptors (Lipinski definition) is 3. The molecule has 0 saturated carbocycles. The average molecular weight is 154 g/mol. The number of aromatic nitrogens is 3. The Morgan fingerprint density at radius 3 is 3.00 bits per heavy atom. The SMILES string of the molecule is CCCc1n[nH]c(CNC)n1. The first-order valence-electron chi connectivity index (χ1n) is 3.91. The van der Waals surface area contributed by atoms with E-state index in [1.54, 1.807) is 0 Å². The summed E-state index contributed by atoms with van der Waals surface area (Å²) in [5.41, 5.74) is 0. The van der Waals surface area contributed by atoms with E-state index in [2.05, 4.69) is 27.4 Å². The molecule has 1 aromatic rings.